The van der Waals surface area contributed by atoms with E-state index in [-0.39, 0.29) is 0 Å². The number of ether oxygens (including phenoxy) is 1. The van der Waals surface area contributed by atoms with Crippen LogP contribution >= 0.6 is 0 Å². The molecule has 9 heavy (non-hydrogen) atoms. The maximum atomic E-state index is 5.35. The maximum absolute atomic E-state index is 5.35. The first-order chi connectivity index (χ1) is 4.47. The summed E-state index contributed by atoms with van der Waals surface area (Å²) >= 11 is 0. The van der Waals surface area contributed by atoms with Crippen LogP contribution in [0, 0.1) is 0 Å². The van der Waals surface area contributed by atoms with E-state index in [0.717, 1.165) is 0 Å². The van der Waals surface area contributed by atoms with Crippen LogP contribution in [0.5, 0.6) is 0 Å². The summed E-state index contributed by atoms with van der Waals surface area (Å²) in [7, 11) is 0. The van der Waals surface area contributed by atoms with Crippen molar-refractivity contribution >= 4 is 0 Å². The fourth-order valence-corrected chi connectivity index (χ4v) is 1.40. The summed E-state index contributed by atoms with van der Waals surface area (Å²) in [6.07, 6.45) is 10.8. The summed E-state index contributed by atoms with van der Waals surface area (Å²) in [5.74, 6) is 0. The van der Waals surface area contributed by atoms with Crippen molar-refractivity contribution in [3.63, 3.8) is 0 Å². The lowest BCUT2D eigenvalue weighted by molar-refractivity contribution is 0.376. The Bertz CT molecular complexity index is 129. The van der Waals surface area contributed by atoms with Gasteiger partial charge in [-0.15, -0.1) is 0 Å². The third-order valence-electron chi connectivity index (χ3n) is 2.06. The highest BCUT2D eigenvalue weighted by atomic mass is 16.6. The molecule has 2 aliphatic rings. The molecule has 50 valence electrons. The van der Waals surface area contributed by atoms with Crippen molar-refractivity contribution in [3.05, 3.63) is 12.2 Å². The Morgan fingerprint density at radius 3 is 3.33 bits per heavy atom. The van der Waals surface area contributed by atoms with E-state index in [1.807, 2.05) is 0 Å². The number of rotatable bonds is 0. The van der Waals surface area contributed by atoms with Gasteiger partial charge >= 0.3 is 0 Å². The van der Waals surface area contributed by atoms with E-state index in [1.165, 1.54) is 25.7 Å². The van der Waals surface area contributed by atoms with E-state index >= 15 is 0 Å². The van der Waals surface area contributed by atoms with Crippen LogP contribution in [0.25, 0.3) is 0 Å². The van der Waals surface area contributed by atoms with Crippen LogP contribution < -0.4 is 0 Å². The first kappa shape index (κ1) is 5.48. The molecule has 0 aromatic carbocycles. The molecule has 0 unspecified atom stereocenters. The molecule has 1 heteroatoms. The highest BCUT2D eigenvalue weighted by molar-refractivity contribution is 5.03. The largest absolute Gasteiger partial charge is 0.365 e. The lowest BCUT2D eigenvalue weighted by Gasteiger charge is -1.96. The second kappa shape index (κ2) is 2.14. The third-order valence-corrected chi connectivity index (χ3v) is 2.06. The van der Waals surface area contributed by atoms with Crippen LogP contribution in [0.3, 0.4) is 0 Å². The SMILES string of the molecule is C1=C[C@H]2O[C@@H]2CCCC1. The van der Waals surface area contributed by atoms with Gasteiger partial charge in [-0.1, -0.05) is 18.6 Å². The van der Waals surface area contributed by atoms with Gasteiger partial charge in [0, 0.05) is 0 Å². The van der Waals surface area contributed by atoms with Gasteiger partial charge in [0.05, 0.1) is 6.10 Å². The molecule has 0 bridgehead atoms. The summed E-state index contributed by atoms with van der Waals surface area (Å²) in [6, 6.07) is 0. The highest BCUT2D eigenvalue weighted by Crippen LogP contribution is 2.30. The Kier molecular flexibility index (Phi) is 1.31. The van der Waals surface area contributed by atoms with Crippen molar-refractivity contribution in [2.75, 3.05) is 0 Å². The van der Waals surface area contributed by atoms with Gasteiger partial charge < -0.3 is 4.74 Å². The average Bonchev–Trinajstić information content (AvgIpc) is 2.46. The molecular weight excluding hydrogens is 112 g/mol. The van der Waals surface area contributed by atoms with Crippen LogP contribution in [0.4, 0.5) is 0 Å². The van der Waals surface area contributed by atoms with Crippen LogP contribution in [-0.2, 0) is 4.74 Å². The molecule has 0 aromatic heterocycles. The second-order valence-corrected chi connectivity index (χ2v) is 2.85. The van der Waals surface area contributed by atoms with Gasteiger partial charge in [-0.2, -0.15) is 0 Å². The zero-order chi connectivity index (χ0) is 6.10. The number of hydrogen-bond acceptors (Lipinski definition) is 1. The maximum Gasteiger partial charge on any atom is 0.102 e. The zero-order valence-corrected chi connectivity index (χ0v) is 5.55. The van der Waals surface area contributed by atoms with Crippen LogP contribution in [0.1, 0.15) is 25.7 Å². The smallest absolute Gasteiger partial charge is 0.102 e. The van der Waals surface area contributed by atoms with E-state index in [0.29, 0.717) is 12.2 Å². The summed E-state index contributed by atoms with van der Waals surface area (Å²) in [4.78, 5) is 0. The molecular formula is C8H12O. The highest BCUT2D eigenvalue weighted by Gasteiger charge is 2.35. The van der Waals surface area contributed by atoms with Gasteiger partial charge in [0.1, 0.15) is 6.10 Å². The molecule has 0 radical (unpaired) electrons. The van der Waals surface area contributed by atoms with E-state index < -0.39 is 0 Å². The Balaban J connectivity index is 1.95. The molecule has 1 aliphatic carbocycles. The average molecular weight is 124 g/mol. The molecule has 0 amide bonds. The number of epoxide rings is 1. The number of fused-ring (bicyclic) bond motifs is 1. The summed E-state index contributed by atoms with van der Waals surface area (Å²) in [5.41, 5.74) is 0. The second-order valence-electron chi connectivity index (χ2n) is 2.85. The number of allylic oxidation sites excluding steroid dienone is 1. The first-order valence-corrected chi connectivity index (χ1v) is 3.79. The van der Waals surface area contributed by atoms with Gasteiger partial charge in [0.25, 0.3) is 0 Å². The van der Waals surface area contributed by atoms with Crippen molar-refractivity contribution in [1.82, 2.24) is 0 Å². The fourth-order valence-electron chi connectivity index (χ4n) is 1.40. The van der Waals surface area contributed by atoms with Crippen molar-refractivity contribution in [2.24, 2.45) is 0 Å². The minimum atomic E-state index is 0.505. The minimum Gasteiger partial charge on any atom is -0.365 e. The summed E-state index contributed by atoms with van der Waals surface area (Å²) in [5, 5.41) is 0. The third kappa shape index (κ3) is 1.16. The molecule has 0 aromatic rings. The van der Waals surface area contributed by atoms with Crippen molar-refractivity contribution in [1.29, 1.82) is 0 Å². The minimum absolute atomic E-state index is 0.505. The quantitative estimate of drug-likeness (QED) is 0.355. The molecule has 1 heterocycles. The lowest BCUT2D eigenvalue weighted by atomic mass is 10.1. The Morgan fingerprint density at radius 2 is 2.33 bits per heavy atom. The summed E-state index contributed by atoms with van der Waals surface area (Å²) < 4.78 is 5.35. The van der Waals surface area contributed by atoms with Crippen LogP contribution in [0.15, 0.2) is 12.2 Å². The van der Waals surface area contributed by atoms with E-state index in [9.17, 15) is 0 Å². The molecule has 2 atom stereocenters. The predicted octanol–water partition coefficient (Wildman–Crippen LogP) is 1.88. The standard InChI is InChI=1S/C8H12O/c1-2-4-6-8-7(9-8)5-3-1/h3,5,7-8H,1-2,4,6H2/t7-,8-/m1/s1. The number of hydrogen-bond donors (Lipinski definition) is 0. The molecule has 1 aliphatic heterocycles. The molecule has 1 saturated heterocycles. The van der Waals surface area contributed by atoms with E-state index in [1.54, 1.807) is 0 Å². The van der Waals surface area contributed by atoms with Crippen LogP contribution in [-0.4, -0.2) is 12.2 Å². The zero-order valence-electron chi connectivity index (χ0n) is 5.55. The fraction of sp³-hybridized carbons (Fsp3) is 0.750. The Hall–Kier alpha value is -0.300. The molecule has 1 fully saturated rings. The molecule has 2 rings (SSSR count). The lowest BCUT2D eigenvalue weighted by Crippen LogP contribution is -1.92. The van der Waals surface area contributed by atoms with E-state index in [2.05, 4.69) is 12.2 Å². The molecule has 0 N–H and O–H groups in total. The normalized spacial score (nSPS) is 40.9. The monoisotopic (exact) mass is 124 g/mol. The van der Waals surface area contributed by atoms with Gasteiger partial charge in [0.15, 0.2) is 0 Å². The summed E-state index contributed by atoms with van der Waals surface area (Å²) in [6.45, 7) is 0. The van der Waals surface area contributed by atoms with Crippen LogP contribution in [0.2, 0.25) is 0 Å². The first-order valence-electron chi connectivity index (χ1n) is 3.79. The van der Waals surface area contributed by atoms with Gasteiger partial charge in [-0.3, -0.25) is 0 Å². The van der Waals surface area contributed by atoms with Crippen molar-refractivity contribution < 1.29 is 4.74 Å². The van der Waals surface area contributed by atoms with Crippen molar-refractivity contribution in [2.45, 2.75) is 37.9 Å². The topological polar surface area (TPSA) is 12.5 Å². The molecule has 0 saturated carbocycles. The van der Waals surface area contributed by atoms with E-state index in [4.69, 9.17) is 4.74 Å². The molecule has 0 spiro atoms. The predicted molar refractivity (Wildman–Crippen MR) is 36.3 cm³/mol. The Morgan fingerprint density at radius 1 is 1.33 bits per heavy atom. The van der Waals surface area contributed by atoms with Gasteiger partial charge in [-0.05, 0) is 19.3 Å². The van der Waals surface area contributed by atoms with Gasteiger partial charge in [-0.25, -0.2) is 0 Å². The van der Waals surface area contributed by atoms with Gasteiger partial charge in [0.2, 0.25) is 0 Å². The van der Waals surface area contributed by atoms with Crippen molar-refractivity contribution in [3.8, 4) is 0 Å². The molecule has 1 nitrogen and oxygen atoms in total. The Labute approximate surface area is 55.7 Å².